The number of aromatic hydroxyl groups is 1. The fourth-order valence-electron chi connectivity index (χ4n) is 2.13. The second-order valence-electron chi connectivity index (χ2n) is 4.39. The first-order chi connectivity index (χ1) is 9.90. The van der Waals surface area contributed by atoms with Gasteiger partial charge in [0.2, 0.25) is 0 Å². The summed E-state index contributed by atoms with van der Waals surface area (Å²) in [7, 11) is 0. The van der Waals surface area contributed by atoms with Crippen LogP contribution in [0, 0.1) is 17.5 Å². The van der Waals surface area contributed by atoms with Crippen LogP contribution in [-0.2, 0) is 0 Å². The van der Waals surface area contributed by atoms with E-state index in [4.69, 9.17) is 5.11 Å². The highest BCUT2D eigenvalue weighted by molar-refractivity contribution is 6.34. The third-order valence-electron chi connectivity index (χ3n) is 3.10. The molecule has 2 amide bonds. The summed E-state index contributed by atoms with van der Waals surface area (Å²) >= 11 is 0. The summed E-state index contributed by atoms with van der Waals surface area (Å²) < 4.78 is 40.1. The molecule has 2 aromatic rings. The Hall–Kier alpha value is -2.83. The van der Waals surface area contributed by atoms with Crippen LogP contribution in [0.4, 0.5) is 18.9 Å². The van der Waals surface area contributed by atoms with Crippen molar-refractivity contribution in [1.82, 2.24) is 0 Å². The molecule has 7 heteroatoms. The lowest BCUT2D eigenvalue weighted by Crippen LogP contribution is -2.30. The number of nitrogens with zero attached hydrogens (tertiary/aromatic N) is 1. The van der Waals surface area contributed by atoms with Gasteiger partial charge in [-0.25, -0.2) is 18.1 Å². The van der Waals surface area contributed by atoms with Gasteiger partial charge < -0.3 is 5.11 Å². The van der Waals surface area contributed by atoms with Crippen molar-refractivity contribution in [2.75, 3.05) is 4.90 Å². The van der Waals surface area contributed by atoms with Crippen molar-refractivity contribution in [2.24, 2.45) is 0 Å². The number of anilines is 1. The lowest BCUT2D eigenvalue weighted by Gasteiger charge is -2.14. The molecular formula is C14H6F3NO3. The Morgan fingerprint density at radius 3 is 1.81 bits per heavy atom. The maximum absolute atomic E-state index is 13.8. The van der Waals surface area contributed by atoms with Crippen LogP contribution in [-0.4, -0.2) is 16.9 Å². The Morgan fingerprint density at radius 1 is 0.810 bits per heavy atom. The molecule has 1 N–H and O–H groups in total. The van der Waals surface area contributed by atoms with Crippen LogP contribution in [0.15, 0.2) is 30.3 Å². The second-order valence-corrected chi connectivity index (χ2v) is 4.39. The van der Waals surface area contributed by atoms with Gasteiger partial charge in [0.05, 0.1) is 16.8 Å². The molecule has 2 aromatic carbocycles. The van der Waals surface area contributed by atoms with Crippen molar-refractivity contribution < 1.29 is 27.9 Å². The number of phenolic OH excluding ortho intramolecular Hbond substituents is 1. The maximum Gasteiger partial charge on any atom is 0.266 e. The average Bonchev–Trinajstić information content (AvgIpc) is 2.64. The van der Waals surface area contributed by atoms with E-state index >= 15 is 0 Å². The molecule has 21 heavy (non-hydrogen) atoms. The number of hydrogen-bond donors (Lipinski definition) is 1. The summed E-state index contributed by atoms with van der Waals surface area (Å²) in [5.41, 5.74) is -1.09. The highest BCUT2D eigenvalue weighted by atomic mass is 19.2. The van der Waals surface area contributed by atoms with Crippen LogP contribution < -0.4 is 4.90 Å². The number of carbonyl (C=O) groups is 2. The van der Waals surface area contributed by atoms with Gasteiger partial charge in [0.15, 0.2) is 17.5 Å². The van der Waals surface area contributed by atoms with Crippen LogP contribution in [0.5, 0.6) is 5.75 Å². The molecule has 0 radical (unpaired) electrons. The molecule has 0 bridgehead atoms. The van der Waals surface area contributed by atoms with E-state index in [1.165, 1.54) is 0 Å². The van der Waals surface area contributed by atoms with Gasteiger partial charge in [-0.15, -0.1) is 0 Å². The standard InChI is InChI=1S/C14H6F3NO3/c15-9-4-7-8(5-10(9)16)14(21)18(13(7)20)12-2-1-6(19)3-11(12)17/h1-5,19H. The topological polar surface area (TPSA) is 57.6 Å². The van der Waals surface area contributed by atoms with Crippen molar-refractivity contribution >= 4 is 17.5 Å². The monoisotopic (exact) mass is 293 g/mol. The van der Waals surface area contributed by atoms with Crippen molar-refractivity contribution in [2.45, 2.75) is 0 Å². The first kappa shape index (κ1) is 13.2. The van der Waals surface area contributed by atoms with Gasteiger partial charge in [-0.2, -0.15) is 0 Å². The van der Waals surface area contributed by atoms with Crippen molar-refractivity contribution in [3.8, 4) is 5.75 Å². The molecule has 1 heterocycles. The number of benzene rings is 2. The molecule has 0 saturated carbocycles. The smallest absolute Gasteiger partial charge is 0.266 e. The first-order valence-electron chi connectivity index (χ1n) is 5.76. The molecule has 4 nitrogen and oxygen atoms in total. The van der Waals surface area contributed by atoms with Gasteiger partial charge in [0, 0.05) is 6.07 Å². The molecule has 0 aromatic heterocycles. The molecule has 106 valence electrons. The van der Waals surface area contributed by atoms with E-state index in [9.17, 15) is 22.8 Å². The Balaban J connectivity index is 2.16. The van der Waals surface area contributed by atoms with Gasteiger partial charge >= 0.3 is 0 Å². The zero-order valence-corrected chi connectivity index (χ0v) is 10.2. The largest absolute Gasteiger partial charge is 0.508 e. The summed E-state index contributed by atoms with van der Waals surface area (Å²) in [6, 6.07) is 4.04. The van der Waals surface area contributed by atoms with E-state index < -0.39 is 35.0 Å². The minimum atomic E-state index is -1.28. The number of fused-ring (bicyclic) bond motifs is 1. The molecule has 0 fully saturated rings. The number of amides is 2. The molecule has 0 aliphatic carbocycles. The first-order valence-corrected chi connectivity index (χ1v) is 5.76. The quantitative estimate of drug-likeness (QED) is 0.822. The number of halogens is 3. The van der Waals surface area contributed by atoms with Gasteiger partial charge in [-0.1, -0.05) is 0 Å². The number of phenols is 1. The third kappa shape index (κ3) is 1.85. The minimum Gasteiger partial charge on any atom is -0.508 e. The predicted octanol–water partition coefficient (Wildman–Crippen LogP) is 2.61. The molecular weight excluding hydrogens is 287 g/mol. The van der Waals surface area contributed by atoms with Crippen molar-refractivity contribution in [3.05, 3.63) is 58.9 Å². The highest BCUT2D eigenvalue weighted by Crippen LogP contribution is 2.32. The van der Waals surface area contributed by atoms with E-state index in [1.54, 1.807) is 0 Å². The van der Waals surface area contributed by atoms with E-state index in [0.717, 1.165) is 18.2 Å². The van der Waals surface area contributed by atoms with Crippen LogP contribution in [0.2, 0.25) is 0 Å². The lowest BCUT2D eigenvalue weighted by molar-refractivity contribution is 0.0924. The summed E-state index contributed by atoms with van der Waals surface area (Å²) in [6.07, 6.45) is 0. The fraction of sp³-hybridized carbons (Fsp3) is 0. The van der Waals surface area contributed by atoms with E-state index in [1.807, 2.05) is 0 Å². The predicted molar refractivity (Wildman–Crippen MR) is 65.6 cm³/mol. The molecule has 1 aliphatic rings. The van der Waals surface area contributed by atoms with E-state index in [2.05, 4.69) is 0 Å². The van der Waals surface area contributed by atoms with Gasteiger partial charge in [-0.05, 0) is 24.3 Å². The van der Waals surface area contributed by atoms with Crippen LogP contribution in [0.25, 0.3) is 0 Å². The number of rotatable bonds is 1. The molecule has 0 atom stereocenters. The SMILES string of the molecule is O=C1c2cc(F)c(F)cc2C(=O)N1c1ccc(O)cc1F. The second kappa shape index (κ2) is 4.34. The van der Waals surface area contributed by atoms with Gasteiger partial charge in [0.25, 0.3) is 11.8 Å². The zero-order valence-electron chi connectivity index (χ0n) is 10.2. The highest BCUT2D eigenvalue weighted by Gasteiger charge is 2.39. The van der Waals surface area contributed by atoms with Crippen LogP contribution in [0.3, 0.4) is 0 Å². The Morgan fingerprint density at radius 2 is 1.33 bits per heavy atom. The fourth-order valence-corrected chi connectivity index (χ4v) is 2.13. The minimum absolute atomic E-state index is 0.341. The van der Waals surface area contributed by atoms with Crippen molar-refractivity contribution in [1.29, 1.82) is 0 Å². The Bertz CT molecular complexity index is 763. The third-order valence-corrected chi connectivity index (χ3v) is 3.10. The zero-order chi connectivity index (χ0) is 15.3. The van der Waals surface area contributed by atoms with E-state index in [0.29, 0.717) is 17.0 Å². The molecule has 0 saturated heterocycles. The number of carbonyl (C=O) groups excluding carboxylic acids is 2. The summed E-state index contributed by atoms with van der Waals surface area (Å²) in [5, 5.41) is 9.13. The Kier molecular flexibility index (Phi) is 2.72. The van der Waals surface area contributed by atoms with E-state index in [-0.39, 0.29) is 16.9 Å². The van der Waals surface area contributed by atoms with Gasteiger partial charge in [-0.3, -0.25) is 9.59 Å². The summed E-state index contributed by atoms with van der Waals surface area (Å²) in [6.45, 7) is 0. The molecule has 0 unspecified atom stereocenters. The number of imide groups is 1. The lowest BCUT2D eigenvalue weighted by atomic mass is 10.1. The van der Waals surface area contributed by atoms with Crippen LogP contribution in [0.1, 0.15) is 20.7 Å². The number of hydrogen-bond acceptors (Lipinski definition) is 3. The summed E-state index contributed by atoms with van der Waals surface area (Å²) in [4.78, 5) is 24.7. The summed E-state index contributed by atoms with van der Waals surface area (Å²) in [5.74, 6) is -5.86. The van der Waals surface area contributed by atoms with Crippen molar-refractivity contribution in [3.63, 3.8) is 0 Å². The maximum atomic E-state index is 13.8. The normalized spacial score (nSPS) is 13.8. The van der Waals surface area contributed by atoms with Crippen LogP contribution >= 0.6 is 0 Å². The molecule has 0 spiro atoms. The Labute approximate surface area is 116 Å². The molecule has 1 aliphatic heterocycles. The molecule has 3 rings (SSSR count). The van der Waals surface area contributed by atoms with Gasteiger partial charge in [0.1, 0.15) is 5.75 Å². The average molecular weight is 293 g/mol.